The molecule has 5 heteroatoms. The minimum absolute atomic E-state index is 0.0241. The quantitative estimate of drug-likeness (QED) is 0.844. The molecule has 1 spiro atoms. The van der Waals surface area contributed by atoms with Crippen LogP contribution in [0, 0.1) is 17.2 Å². The van der Waals surface area contributed by atoms with Gasteiger partial charge in [-0.3, -0.25) is 4.79 Å². The summed E-state index contributed by atoms with van der Waals surface area (Å²) in [6, 6.07) is 5.49. The predicted octanol–water partition coefficient (Wildman–Crippen LogP) is 3.48. The van der Waals surface area contributed by atoms with Crippen molar-refractivity contribution < 1.29 is 19.0 Å². The van der Waals surface area contributed by atoms with E-state index in [-0.39, 0.29) is 35.8 Å². The second-order valence-electron chi connectivity index (χ2n) is 8.40. The fourth-order valence-corrected chi connectivity index (χ4v) is 4.61. The van der Waals surface area contributed by atoms with Gasteiger partial charge in [-0.25, -0.2) is 4.39 Å². The van der Waals surface area contributed by atoms with E-state index in [9.17, 15) is 14.3 Å². The molecular formula is C21H28FNO3. The van der Waals surface area contributed by atoms with E-state index >= 15 is 0 Å². The van der Waals surface area contributed by atoms with Crippen LogP contribution in [0.1, 0.15) is 56.9 Å². The van der Waals surface area contributed by atoms with Crippen LogP contribution < -0.4 is 4.74 Å². The molecule has 1 saturated heterocycles. The number of likely N-dealkylation sites (tertiary alicyclic amines) is 1. The van der Waals surface area contributed by atoms with E-state index < -0.39 is 0 Å². The number of aliphatic hydroxyl groups excluding tert-OH is 1. The Morgan fingerprint density at radius 1 is 1.38 bits per heavy atom. The number of hydrogen-bond acceptors (Lipinski definition) is 3. The number of benzene rings is 1. The number of ether oxygens (including phenoxy) is 1. The normalized spacial score (nSPS) is 25.2. The molecule has 26 heavy (non-hydrogen) atoms. The summed E-state index contributed by atoms with van der Waals surface area (Å²) in [5, 5.41) is 9.32. The first-order valence-electron chi connectivity index (χ1n) is 9.90. The van der Waals surface area contributed by atoms with E-state index in [1.807, 2.05) is 24.0 Å². The van der Waals surface area contributed by atoms with Crippen LogP contribution in [0.25, 0.3) is 0 Å². The number of carbonyl (C=O) groups is 1. The van der Waals surface area contributed by atoms with Gasteiger partial charge in [0.25, 0.3) is 0 Å². The van der Waals surface area contributed by atoms with Gasteiger partial charge in [0, 0.05) is 18.5 Å². The summed E-state index contributed by atoms with van der Waals surface area (Å²) < 4.78 is 20.7. The molecule has 4 nitrogen and oxygen atoms in total. The van der Waals surface area contributed by atoms with E-state index in [1.54, 1.807) is 6.07 Å². The Kier molecular flexibility index (Phi) is 4.68. The number of halogens is 1. The molecule has 3 aliphatic rings. The number of hydrogen-bond donors (Lipinski definition) is 1. The zero-order valence-electron chi connectivity index (χ0n) is 15.4. The van der Waals surface area contributed by atoms with Gasteiger partial charge in [-0.1, -0.05) is 19.1 Å². The molecule has 3 fully saturated rings. The highest BCUT2D eigenvalue weighted by Crippen LogP contribution is 2.48. The van der Waals surface area contributed by atoms with Crippen molar-refractivity contribution in [3.05, 3.63) is 29.6 Å². The maximum absolute atomic E-state index is 14.6. The monoisotopic (exact) mass is 361 g/mol. The molecule has 0 radical (unpaired) electrons. The Morgan fingerprint density at radius 2 is 2.15 bits per heavy atom. The van der Waals surface area contributed by atoms with Crippen LogP contribution in [-0.4, -0.2) is 41.7 Å². The molecule has 2 saturated carbocycles. The standard InChI is InChI=1S/C21H28FNO3/c1-2-14(11-24)20(25)23-12-21(13-23)9-8-16(10-21)26-18-5-3-4-17(19(18)22)15-6-7-15/h3-5,14-16,24H,2,6-13H2,1H3/t14-,16?/m1/s1. The molecule has 2 aliphatic carbocycles. The van der Waals surface area contributed by atoms with Gasteiger partial charge >= 0.3 is 0 Å². The fraction of sp³-hybridized carbons (Fsp3) is 0.667. The van der Waals surface area contributed by atoms with Gasteiger partial charge in [-0.05, 0) is 56.1 Å². The highest BCUT2D eigenvalue weighted by atomic mass is 19.1. The molecule has 1 aromatic carbocycles. The second kappa shape index (κ2) is 6.84. The van der Waals surface area contributed by atoms with Crippen LogP contribution in [0.4, 0.5) is 4.39 Å². The summed E-state index contributed by atoms with van der Waals surface area (Å²) in [4.78, 5) is 14.2. The Hall–Kier alpha value is -1.62. The van der Waals surface area contributed by atoms with Crippen LogP contribution in [0.5, 0.6) is 5.75 Å². The first-order valence-corrected chi connectivity index (χ1v) is 9.90. The maximum Gasteiger partial charge on any atom is 0.228 e. The molecule has 142 valence electrons. The fourth-order valence-electron chi connectivity index (χ4n) is 4.61. The molecule has 1 N–H and O–H groups in total. The maximum atomic E-state index is 14.6. The van der Waals surface area contributed by atoms with Crippen LogP contribution >= 0.6 is 0 Å². The van der Waals surface area contributed by atoms with Crippen LogP contribution in [0.15, 0.2) is 18.2 Å². The van der Waals surface area contributed by atoms with Crippen molar-refractivity contribution >= 4 is 5.91 Å². The number of rotatable bonds is 6. The Morgan fingerprint density at radius 3 is 2.81 bits per heavy atom. The van der Waals surface area contributed by atoms with E-state index in [1.165, 1.54) is 0 Å². The molecule has 1 heterocycles. The number of amides is 1. The largest absolute Gasteiger partial charge is 0.487 e. The van der Waals surface area contributed by atoms with Crippen LogP contribution in [-0.2, 0) is 4.79 Å². The van der Waals surface area contributed by atoms with Crippen LogP contribution in [0.3, 0.4) is 0 Å². The zero-order chi connectivity index (χ0) is 18.3. The van der Waals surface area contributed by atoms with Gasteiger partial charge in [0.2, 0.25) is 5.91 Å². The average Bonchev–Trinajstić information content (AvgIpc) is 3.36. The summed E-state index contributed by atoms with van der Waals surface area (Å²) in [5.74, 6) is 0.357. The van der Waals surface area contributed by atoms with Gasteiger partial charge in [-0.2, -0.15) is 0 Å². The lowest BCUT2D eigenvalue weighted by Crippen LogP contribution is -2.59. The number of aliphatic hydroxyl groups is 1. The third-order valence-electron chi connectivity index (χ3n) is 6.39. The average molecular weight is 361 g/mol. The highest BCUT2D eigenvalue weighted by Gasteiger charge is 2.51. The van der Waals surface area contributed by atoms with Crippen molar-refractivity contribution in [2.24, 2.45) is 11.3 Å². The summed E-state index contributed by atoms with van der Waals surface area (Å²) in [6.07, 6.45) is 5.64. The summed E-state index contributed by atoms with van der Waals surface area (Å²) in [7, 11) is 0. The van der Waals surface area contributed by atoms with Gasteiger partial charge < -0.3 is 14.7 Å². The lowest BCUT2D eigenvalue weighted by Gasteiger charge is -2.49. The van der Waals surface area contributed by atoms with Crippen molar-refractivity contribution in [3.63, 3.8) is 0 Å². The topological polar surface area (TPSA) is 49.8 Å². The Labute approximate surface area is 154 Å². The Bertz CT molecular complexity index is 678. The molecule has 0 bridgehead atoms. The van der Waals surface area contributed by atoms with Gasteiger partial charge in [-0.15, -0.1) is 0 Å². The first-order chi connectivity index (χ1) is 12.5. The van der Waals surface area contributed by atoms with E-state index in [0.717, 1.165) is 50.8 Å². The van der Waals surface area contributed by atoms with Crippen molar-refractivity contribution in [2.45, 2.75) is 57.5 Å². The summed E-state index contributed by atoms with van der Waals surface area (Å²) >= 11 is 0. The lowest BCUT2D eigenvalue weighted by atomic mass is 9.77. The number of nitrogens with zero attached hydrogens (tertiary/aromatic N) is 1. The van der Waals surface area contributed by atoms with Gasteiger partial charge in [0.1, 0.15) is 0 Å². The summed E-state index contributed by atoms with van der Waals surface area (Å²) in [6.45, 7) is 3.33. The molecule has 1 aliphatic heterocycles. The predicted molar refractivity (Wildman–Crippen MR) is 96.5 cm³/mol. The minimum atomic E-state index is -0.278. The lowest BCUT2D eigenvalue weighted by molar-refractivity contribution is -0.149. The molecule has 1 aromatic rings. The van der Waals surface area contributed by atoms with Crippen molar-refractivity contribution in [1.29, 1.82) is 0 Å². The molecular weight excluding hydrogens is 333 g/mol. The molecule has 2 atom stereocenters. The Balaban J connectivity index is 1.34. The van der Waals surface area contributed by atoms with Crippen molar-refractivity contribution in [3.8, 4) is 5.75 Å². The van der Waals surface area contributed by atoms with Gasteiger partial charge in [0.05, 0.1) is 18.6 Å². The van der Waals surface area contributed by atoms with E-state index in [2.05, 4.69) is 0 Å². The summed E-state index contributed by atoms with van der Waals surface area (Å²) in [5.41, 5.74) is 0.920. The van der Waals surface area contributed by atoms with E-state index in [4.69, 9.17) is 4.74 Å². The highest BCUT2D eigenvalue weighted by molar-refractivity contribution is 5.80. The smallest absolute Gasteiger partial charge is 0.228 e. The number of carbonyl (C=O) groups excluding carboxylic acids is 1. The third-order valence-corrected chi connectivity index (χ3v) is 6.39. The van der Waals surface area contributed by atoms with Crippen molar-refractivity contribution in [1.82, 2.24) is 4.90 Å². The van der Waals surface area contributed by atoms with E-state index in [0.29, 0.717) is 18.1 Å². The second-order valence-corrected chi connectivity index (χ2v) is 8.40. The first kappa shape index (κ1) is 17.8. The zero-order valence-corrected chi connectivity index (χ0v) is 15.4. The SMILES string of the molecule is CC[C@H](CO)C(=O)N1CC2(CCC(Oc3cccc(C4CC4)c3F)C2)C1. The molecule has 4 rings (SSSR count). The molecule has 0 aromatic heterocycles. The third kappa shape index (κ3) is 3.22. The van der Waals surface area contributed by atoms with Gasteiger partial charge in [0.15, 0.2) is 11.6 Å². The molecule has 1 amide bonds. The van der Waals surface area contributed by atoms with Crippen molar-refractivity contribution in [2.75, 3.05) is 19.7 Å². The van der Waals surface area contributed by atoms with Crippen LogP contribution in [0.2, 0.25) is 0 Å². The minimum Gasteiger partial charge on any atom is -0.487 e. The molecule has 1 unspecified atom stereocenters.